The number of aromatic nitrogens is 1. The number of nitrogens with one attached hydrogen (secondary N) is 1. The fourth-order valence-corrected chi connectivity index (χ4v) is 3.23. The summed E-state index contributed by atoms with van der Waals surface area (Å²) >= 11 is 0. The standard InChI is InChI=1S/C22H24N2O3/c1-5-16-8-6-7-14(2)20(16)23-21(25)15(3)24-12-11-17-13-18(27-4)9-10-19(17)22(24)26/h6-13,15H,5H2,1-4H3,(H,23,25). The molecule has 27 heavy (non-hydrogen) atoms. The molecule has 0 spiro atoms. The van der Waals surface area contributed by atoms with E-state index in [2.05, 4.69) is 12.2 Å². The molecule has 3 aromatic rings. The Morgan fingerprint density at radius 2 is 2.00 bits per heavy atom. The van der Waals surface area contributed by atoms with Gasteiger partial charge in [0.1, 0.15) is 11.8 Å². The number of hydrogen-bond acceptors (Lipinski definition) is 3. The van der Waals surface area contributed by atoms with Crippen LogP contribution < -0.4 is 15.6 Å². The van der Waals surface area contributed by atoms with Gasteiger partial charge in [-0.05, 0) is 61.0 Å². The van der Waals surface area contributed by atoms with Gasteiger partial charge >= 0.3 is 0 Å². The molecule has 2 aromatic carbocycles. The minimum absolute atomic E-state index is 0.196. The summed E-state index contributed by atoms with van der Waals surface area (Å²) in [4.78, 5) is 25.7. The van der Waals surface area contributed by atoms with Gasteiger partial charge in [0.15, 0.2) is 0 Å². The Balaban J connectivity index is 1.94. The number of aryl methyl sites for hydroxylation is 2. The largest absolute Gasteiger partial charge is 0.497 e. The zero-order valence-corrected chi connectivity index (χ0v) is 16.1. The van der Waals surface area contributed by atoms with E-state index in [0.29, 0.717) is 11.1 Å². The normalized spacial score (nSPS) is 12.0. The maximum absolute atomic E-state index is 12.9. The van der Waals surface area contributed by atoms with E-state index in [1.165, 1.54) is 4.57 Å². The predicted octanol–water partition coefficient (Wildman–Crippen LogP) is 4.08. The number of fused-ring (bicyclic) bond motifs is 1. The van der Waals surface area contributed by atoms with E-state index in [4.69, 9.17) is 4.74 Å². The first-order chi connectivity index (χ1) is 13.0. The zero-order valence-electron chi connectivity index (χ0n) is 16.1. The van der Waals surface area contributed by atoms with Crippen LogP contribution in [-0.4, -0.2) is 17.6 Å². The highest BCUT2D eigenvalue weighted by Crippen LogP contribution is 2.23. The van der Waals surface area contributed by atoms with Crippen LogP contribution in [0.3, 0.4) is 0 Å². The lowest BCUT2D eigenvalue weighted by Crippen LogP contribution is -2.31. The first-order valence-electron chi connectivity index (χ1n) is 9.04. The highest BCUT2D eigenvalue weighted by Gasteiger charge is 2.19. The van der Waals surface area contributed by atoms with Crippen LogP contribution in [0.15, 0.2) is 53.5 Å². The number of nitrogens with zero attached hydrogens (tertiary/aromatic N) is 1. The minimum atomic E-state index is -0.631. The first kappa shape index (κ1) is 18.7. The van der Waals surface area contributed by atoms with E-state index in [-0.39, 0.29) is 11.5 Å². The van der Waals surface area contributed by atoms with Gasteiger partial charge in [0, 0.05) is 17.3 Å². The number of anilines is 1. The molecule has 1 unspecified atom stereocenters. The van der Waals surface area contributed by atoms with Crippen LogP contribution >= 0.6 is 0 Å². The van der Waals surface area contributed by atoms with E-state index >= 15 is 0 Å². The van der Waals surface area contributed by atoms with Crippen molar-refractivity contribution in [2.24, 2.45) is 0 Å². The first-order valence-corrected chi connectivity index (χ1v) is 9.04. The molecular formula is C22H24N2O3. The molecule has 0 bridgehead atoms. The van der Waals surface area contributed by atoms with Crippen molar-refractivity contribution in [1.82, 2.24) is 4.57 Å². The maximum Gasteiger partial charge on any atom is 0.259 e. The monoisotopic (exact) mass is 364 g/mol. The second-order valence-electron chi connectivity index (χ2n) is 6.61. The fourth-order valence-electron chi connectivity index (χ4n) is 3.23. The third-order valence-corrected chi connectivity index (χ3v) is 4.92. The molecule has 0 aliphatic heterocycles. The number of methoxy groups -OCH3 is 1. The van der Waals surface area contributed by atoms with Crippen molar-refractivity contribution >= 4 is 22.4 Å². The quantitative estimate of drug-likeness (QED) is 0.742. The number of pyridine rings is 1. The lowest BCUT2D eigenvalue weighted by molar-refractivity contribution is -0.118. The number of carbonyl (C=O) groups excluding carboxylic acids is 1. The summed E-state index contributed by atoms with van der Waals surface area (Å²) in [5.41, 5.74) is 2.72. The predicted molar refractivity (Wildman–Crippen MR) is 109 cm³/mol. The molecule has 0 saturated carbocycles. The van der Waals surface area contributed by atoms with Crippen LogP contribution in [0.5, 0.6) is 5.75 Å². The molecule has 0 aliphatic carbocycles. The highest BCUT2D eigenvalue weighted by atomic mass is 16.5. The van der Waals surface area contributed by atoms with Crippen LogP contribution in [0, 0.1) is 6.92 Å². The number of para-hydroxylation sites is 1. The van der Waals surface area contributed by atoms with Gasteiger partial charge < -0.3 is 14.6 Å². The second-order valence-corrected chi connectivity index (χ2v) is 6.61. The van der Waals surface area contributed by atoms with Crippen molar-refractivity contribution in [1.29, 1.82) is 0 Å². The van der Waals surface area contributed by atoms with Crippen LogP contribution in [0.25, 0.3) is 10.8 Å². The summed E-state index contributed by atoms with van der Waals surface area (Å²) in [6, 6.07) is 12.4. The van der Waals surface area contributed by atoms with Crippen molar-refractivity contribution in [3.8, 4) is 5.75 Å². The summed E-state index contributed by atoms with van der Waals surface area (Å²) in [6.07, 6.45) is 2.48. The van der Waals surface area contributed by atoms with Gasteiger partial charge in [-0.25, -0.2) is 0 Å². The Morgan fingerprint density at radius 3 is 2.70 bits per heavy atom. The molecule has 5 nitrogen and oxygen atoms in total. The van der Waals surface area contributed by atoms with E-state index in [9.17, 15) is 9.59 Å². The molecule has 140 valence electrons. The zero-order chi connectivity index (χ0) is 19.6. The molecule has 0 radical (unpaired) electrons. The average molecular weight is 364 g/mol. The number of benzene rings is 2. The maximum atomic E-state index is 12.9. The Labute approximate surface area is 158 Å². The number of carbonyl (C=O) groups is 1. The van der Waals surface area contributed by atoms with Crippen molar-refractivity contribution in [2.45, 2.75) is 33.2 Å². The van der Waals surface area contributed by atoms with Gasteiger partial charge in [0.25, 0.3) is 5.56 Å². The molecule has 1 heterocycles. The summed E-state index contributed by atoms with van der Waals surface area (Å²) in [5, 5.41) is 4.35. The molecule has 1 aromatic heterocycles. The number of amides is 1. The van der Waals surface area contributed by atoms with Gasteiger partial charge in [-0.2, -0.15) is 0 Å². The van der Waals surface area contributed by atoms with Crippen LogP contribution in [0.1, 0.15) is 31.0 Å². The summed E-state index contributed by atoms with van der Waals surface area (Å²) < 4.78 is 6.67. The summed E-state index contributed by atoms with van der Waals surface area (Å²) in [6.45, 7) is 5.75. The van der Waals surface area contributed by atoms with E-state index in [1.54, 1.807) is 32.4 Å². The second kappa shape index (κ2) is 7.66. The van der Waals surface area contributed by atoms with Crippen molar-refractivity contribution in [2.75, 3.05) is 12.4 Å². The lowest BCUT2D eigenvalue weighted by Gasteiger charge is -2.18. The molecular weight excluding hydrogens is 340 g/mol. The lowest BCUT2D eigenvalue weighted by atomic mass is 10.1. The molecule has 0 saturated heterocycles. The molecule has 0 aliphatic rings. The molecule has 1 atom stereocenters. The summed E-state index contributed by atoms with van der Waals surface area (Å²) in [7, 11) is 1.59. The van der Waals surface area contributed by atoms with E-state index in [1.807, 2.05) is 37.3 Å². The van der Waals surface area contributed by atoms with Gasteiger partial charge in [-0.3, -0.25) is 9.59 Å². The Bertz CT molecular complexity index is 1050. The molecule has 3 rings (SSSR count). The SMILES string of the molecule is CCc1cccc(C)c1NC(=O)C(C)n1ccc2cc(OC)ccc2c1=O. The van der Waals surface area contributed by atoms with Crippen molar-refractivity contribution in [3.63, 3.8) is 0 Å². The molecule has 1 N–H and O–H groups in total. The molecule has 5 heteroatoms. The number of ether oxygens (including phenoxy) is 1. The van der Waals surface area contributed by atoms with Gasteiger partial charge in [0.05, 0.1) is 7.11 Å². The Kier molecular flexibility index (Phi) is 5.31. The fraction of sp³-hybridized carbons (Fsp3) is 0.273. The van der Waals surface area contributed by atoms with Crippen LogP contribution in [0.4, 0.5) is 5.69 Å². The highest BCUT2D eigenvalue weighted by molar-refractivity contribution is 5.95. The molecule has 1 amide bonds. The Morgan fingerprint density at radius 1 is 1.22 bits per heavy atom. The van der Waals surface area contributed by atoms with Crippen LogP contribution in [-0.2, 0) is 11.2 Å². The molecule has 0 fully saturated rings. The van der Waals surface area contributed by atoms with Crippen LogP contribution in [0.2, 0.25) is 0 Å². The number of hydrogen-bond donors (Lipinski definition) is 1. The average Bonchev–Trinajstić information content (AvgIpc) is 2.68. The third kappa shape index (κ3) is 3.58. The van der Waals surface area contributed by atoms with E-state index in [0.717, 1.165) is 28.6 Å². The van der Waals surface area contributed by atoms with Gasteiger partial charge in [-0.15, -0.1) is 0 Å². The number of rotatable bonds is 5. The van der Waals surface area contributed by atoms with E-state index < -0.39 is 6.04 Å². The van der Waals surface area contributed by atoms with Crippen molar-refractivity contribution < 1.29 is 9.53 Å². The van der Waals surface area contributed by atoms with Gasteiger partial charge in [0.2, 0.25) is 5.91 Å². The van der Waals surface area contributed by atoms with Gasteiger partial charge in [-0.1, -0.05) is 25.1 Å². The van der Waals surface area contributed by atoms with Crippen molar-refractivity contribution in [3.05, 3.63) is 70.1 Å². The smallest absolute Gasteiger partial charge is 0.259 e. The topological polar surface area (TPSA) is 60.3 Å². The Hall–Kier alpha value is -3.08. The third-order valence-electron chi connectivity index (χ3n) is 4.92. The minimum Gasteiger partial charge on any atom is -0.497 e. The summed E-state index contributed by atoms with van der Waals surface area (Å²) in [5.74, 6) is 0.478.